The van der Waals surface area contributed by atoms with Gasteiger partial charge in [0.05, 0.1) is 24.3 Å². The summed E-state index contributed by atoms with van der Waals surface area (Å²) in [4.78, 5) is 14.3. The van der Waals surface area contributed by atoms with E-state index in [0.29, 0.717) is 17.6 Å². The molecule has 0 N–H and O–H groups in total. The van der Waals surface area contributed by atoms with Gasteiger partial charge in [-0.2, -0.15) is 0 Å². The summed E-state index contributed by atoms with van der Waals surface area (Å²) in [6.45, 7) is 4.93. The largest absolute Gasteiger partial charge is 0.375 e. The minimum atomic E-state index is -0.492. The molecule has 2 rings (SSSR count). The van der Waals surface area contributed by atoms with Gasteiger partial charge in [0.15, 0.2) is 0 Å². The number of hydrogen-bond acceptors (Lipinski definition) is 2. The van der Waals surface area contributed by atoms with Gasteiger partial charge in [0.25, 0.3) is 5.91 Å². The Labute approximate surface area is 120 Å². The molecular formula is C14H17BrFNO2. The minimum absolute atomic E-state index is 0.00945. The maximum absolute atomic E-state index is 13.9. The Morgan fingerprint density at radius 2 is 2.32 bits per heavy atom. The molecule has 1 aliphatic heterocycles. The van der Waals surface area contributed by atoms with Gasteiger partial charge in [-0.3, -0.25) is 4.79 Å². The van der Waals surface area contributed by atoms with Gasteiger partial charge in [-0.1, -0.05) is 13.0 Å². The van der Waals surface area contributed by atoms with Crippen LogP contribution in [-0.4, -0.2) is 36.1 Å². The molecule has 0 spiro atoms. The van der Waals surface area contributed by atoms with E-state index in [0.717, 1.165) is 6.42 Å². The Morgan fingerprint density at radius 3 is 2.95 bits per heavy atom. The monoisotopic (exact) mass is 329 g/mol. The molecular weight excluding hydrogens is 313 g/mol. The second-order valence-electron chi connectivity index (χ2n) is 4.76. The number of ether oxygens (including phenoxy) is 1. The third kappa shape index (κ3) is 2.98. The molecule has 0 saturated carbocycles. The van der Waals surface area contributed by atoms with Crippen molar-refractivity contribution in [2.45, 2.75) is 32.4 Å². The summed E-state index contributed by atoms with van der Waals surface area (Å²) in [5, 5.41) is 0. The average molecular weight is 330 g/mol. The number of morpholine rings is 1. The molecule has 104 valence electrons. The lowest BCUT2D eigenvalue weighted by Crippen LogP contribution is -2.51. The van der Waals surface area contributed by atoms with E-state index < -0.39 is 5.82 Å². The lowest BCUT2D eigenvalue weighted by Gasteiger charge is -2.38. The molecule has 0 aromatic heterocycles. The van der Waals surface area contributed by atoms with Crippen LogP contribution >= 0.6 is 15.9 Å². The minimum Gasteiger partial charge on any atom is -0.375 e. The van der Waals surface area contributed by atoms with Crippen molar-refractivity contribution >= 4 is 21.8 Å². The van der Waals surface area contributed by atoms with Gasteiger partial charge in [-0.25, -0.2) is 4.39 Å². The first kappa shape index (κ1) is 14.5. The van der Waals surface area contributed by atoms with Gasteiger partial charge in [-0.15, -0.1) is 0 Å². The maximum Gasteiger partial charge on any atom is 0.258 e. The van der Waals surface area contributed by atoms with Gasteiger partial charge >= 0.3 is 0 Å². The maximum atomic E-state index is 13.9. The van der Waals surface area contributed by atoms with E-state index in [2.05, 4.69) is 15.9 Å². The van der Waals surface area contributed by atoms with Crippen molar-refractivity contribution in [2.75, 3.05) is 13.2 Å². The van der Waals surface area contributed by atoms with Crippen LogP contribution in [-0.2, 0) is 4.74 Å². The molecule has 1 aromatic carbocycles. The van der Waals surface area contributed by atoms with E-state index in [-0.39, 0.29) is 23.6 Å². The normalized spacial score (nSPS) is 23.5. The zero-order valence-corrected chi connectivity index (χ0v) is 12.6. The summed E-state index contributed by atoms with van der Waals surface area (Å²) in [5.74, 6) is -0.764. The third-order valence-electron chi connectivity index (χ3n) is 3.38. The van der Waals surface area contributed by atoms with E-state index in [1.807, 2.05) is 13.8 Å². The second kappa shape index (κ2) is 6.01. The van der Waals surface area contributed by atoms with Crippen molar-refractivity contribution in [1.29, 1.82) is 0 Å². The summed E-state index contributed by atoms with van der Waals surface area (Å²) in [6.07, 6.45) is 0.780. The van der Waals surface area contributed by atoms with Crippen molar-refractivity contribution in [3.63, 3.8) is 0 Å². The highest BCUT2D eigenvalue weighted by molar-refractivity contribution is 9.10. The van der Waals surface area contributed by atoms with E-state index in [4.69, 9.17) is 4.74 Å². The van der Waals surface area contributed by atoms with Gasteiger partial charge in [0, 0.05) is 11.0 Å². The first-order valence-corrected chi connectivity index (χ1v) is 7.20. The Balaban J connectivity index is 2.31. The first-order valence-electron chi connectivity index (χ1n) is 6.41. The molecule has 1 heterocycles. The number of amides is 1. The van der Waals surface area contributed by atoms with E-state index in [9.17, 15) is 9.18 Å². The molecule has 1 amide bonds. The number of rotatable bonds is 2. The topological polar surface area (TPSA) is 29.5 Å². The Hall–Kier alpha value is -0.940. The fourth-order valence-corrected chi connectivity index (χ4v) is 2.79. The highest BCUT2D eigenvalue weighted by atomic mass is 79.9. The third-order valence-corrected chi connectivity index (χ3v) is 4.04. The van der Waals surface area contributed by atoms with E-state index in [1.54, 1.807) is 17.0 Å². The van der Waals surface area contributed by atoms with Crippen LogP contribution in [0.3, 0.4) is 0 Å². The van der Waals surface area contributed by atoms with Crippen molar-refractivity contribution < 1.29 is 13.9 Å². The Morgan fingerprint density at radius 1 is 1.58 bits per heavy atom. The number of benzene rings is 1. The van der Waals surface area contributed by atoms with Gasteiger partial charge in [0.2, 0.25) is 0 Å². The predicted molar refractivity (Wildman–Crippen MR) is 74.6 cm³/mol. The molecule has 2 atom stereocenters. The summed E-state index contributed by atoms with van der Waals surface area (Å²) >= 11 is 3.25. The van der Waals surface area contributed by atoms with E-state index in [1.165, 1.54) is 6.07 Å². The molecule has 1 fully saturated rings. The first-order chi connectivity index (χ1) is 9.04. The van der Waals surface area contributed by atoms with Gasteiger partial charge < -0.3 is 9.64 Å². The molecule has 5 heteroatoms. The molecule has 1 aromatic rings. The fourth-order valence-electron chi connectivity index (χ4n) is 2.28. The average Bonchev–Trinajstić information content (AvgIpc) is 2.38. The van der Waals surface area contributed by atoms with Crippen molar-refractivity contribution in [3.8, 4) is 0 Å². The van der Waals surface area contributed by atoms with E-state index >= 15 is 0 Å². The molecule has 0 aliphatic carbocycles. The summed E-state index contributed by atoms with van der Waals surface area (Å²) in [6, 6.07) is 4.58. The zero-order chi connectivity index (χ0) is 14.0. The summed E-state index contributed by atoms with van der Waals surface area (Å²) in [5.41, 5.74) is 0.107. The van der Waals surface area contributed by atoms with Gasteiger partial charge in [0.1, 0.15) is 5.82 Å². The highest BCUT2D eigenvalue weighted by Crippen LogP contribution is 2.24. The highest BCUT2D eigenvalue weighted by Gasteiger charge is 2.32. The molecule has 1 aliphatic rings. The van der Waals surface area contributed by atoms with Crippen LogP contribution < -0.4 is 0 Å². The van der Waals surface area contributed by atoms with Crippen molar-refractivity contribution in [1.82, 2.24) is 4.90 Å². The molecule has 0 radical (unpaired) electrons. The number of nitrogens with zero attached hydrogens (tertiary/aromatic N) is 1. The number of carbonyl (C=O) groups excluding carboxylic acids is 1. The lowest BCUT2D eigenvalue weighted by molar-refractivity contribution is -0.0445. The molecule has 2 unspecified atom stereocenters. The summed E-state index contributed by atoms with van der Waals surface area (Å²) in [7, 11) is 0. The standard InChI is InChI=1S/C14H17BrFNO2/c1-3-10-8-19-9(2)7-17(10)14(18)13-11(15)5-4-6-12(13)16/h4-6,9-10H,3,7-8H2,1-2H3. The van der Waals surface area contributed by atoms with Crippen LogP contribution in [0.5, 0.6) is 0 Å². The SMILES string of the molecule is CCC1COC(C)CN1C(=O)c1c(F)cccc1Br. The van der Waals surface area contributed by atoms with Crippen LogP contribution in [0, 0.1) is 5.82 Å². The molecule has 19 heavy (non-hydrogen) atoms. The van der Waals surface area contributed by atoms with Crippen LogP contribution in [0.1, 0.15) is 30.6 Å². The van der Waals surface area contributed by atoms with Crippen LogP contribution in [0.4, 0.5) is 4.39 Å². The molecule has 3 nitrogen and oxygen atoms in total. The molecule has 0 bridgehead atoms. The van der Waals surface area contributed by atoms with Crippen molar-refractivity contribution in [2.24, 2.45) is 0 Å². The quantitative estimate of drug-likeness (QED) is 0.833. The number of hydrogen-bond donors (Lipinski definition) is 0. The van der Waals surface area contributed by atoms with Crippen LogP contribution in [0.25, 0.3) is 0 Å². The fraction of sp³-hybridized carbons (Fsp3) is 0.500. The zero-order valence-electron chi connectivity index (χ0n) is 11.0. The second-order valence-corrected chi connectivity index (χ2v) is 5.61. The lowest BCUT2D eigenvalue weighted by atomic mass is 10.1. The Bertz CT molecular complexity index is 460. The Kier molecular flexibility index (Phi) is 4.58. The number of carbonyl (C=O) groups is 1. The number of halogens is 2. The van der Waals surface area contributed by atoms with Crippen LogP contribution in [0.2, 0.25) is 0 Å². The van der Waals surface area contributed by atoms with Crippen LogP contribution in [0.15, 0.2) is 22.7 Å². The van der Waals surface area contributed by atoms with Gasteiger partial charge in [-0.05, 0) is 41.4 Å². The van der Waals surface area contributed by atoms with Crippen molar-refractivity contribution in [3.05, 3.63) is 34.1 Å². The smallest absolute Gasteiger partial charge is 0.258 e. The summed E-state index contributed by atoms with van der Waals surface area (Å²) < 4.78 is 19.9. The molecule has 1 saturated heterocycles. The predicted octanol–water partition coefficient (Wildman–Crippen LogP) is 3.23.